The van der Waals surface area contributed by atoms with Crippen LogP contribution in [0.15, 0.2) is 291 Å². The van der Waals surface area contributed by atoms with E-state index in [0.717, 1.165) is 45.3 Å². The predicted molar refractivity (Wildman–Crippen MR) is 381 cm³/mol. The van der Waals surface area contributed by atoms with Crippen LogP contribution in [0, 0.1) is 27.7 Å². The third-order valence-corrected chi connectivity index (χ3v) is 17.7. The number of aryl methyl sites for hydroxylation is 4. The summed E-state index contributed by atoms with van der Waals surface area (Å²) in [5.41, 5.74) is 21.2. The predicted octanol–water partition coefficient (Wildman–Crippen LogP) is 24.5. The average molecular weight is 1130 g/mol. The van der Waals surface area contributed by atoms with Crippen molar-refractivity contribution in [3.63, 3.8) is 0 Å². The van der Waals surface area contributed by atoms with Crippen LogP contribution in [0.3, 0.4) is 0 Å². The lowest BCUT2D eigenvalue weighted by Crippen LogP contribution is -2.12. The number of benzene rings is 15. The second-order valence-corrected chi connectivity index (χ2v) is 23.5. The summed E-state index contributed by atoms with van der Waals surface area (Å²) in [6, 6.07) is 108. The summed E-state index contributed by atoms with van der Waals surface area (Å²) in [4.78, 5) is 4.95. The van der Waals surface area contributed by atoms with Crippen LogP contribution in [0.5, 0.6) is 0 Å². The molecule has 0 aromatic heterocycles. The van der Waals surface area contributed by atoms with Gasteiger partial charge in [0.15, 0.2) is 0 Å². The van der Waals surface area contributed by atoms with Crippen molar-refractivity contribution in [2.24, 2.45) is 0 Å². The van der Waals surface area contributed by atoms with E-state index in [9.17, 15) is 0 Å². The van der Waals surface area contributed by atoms with Crippen molar-refractivity contribution in [1.29, 1.82) is 0 Å². The molecule has 0 fully saturated rings. The smallest absolute Gasteiger partial charge is 0.0618 e. The third kappa shape index (κ3) is 9.75. The number of fused-ring (bicyclic) bond motifs is 6. The van der Waals surface area contributed by atoms with Gasteiger partial charge in [-0.25, -0.2) is 0 Å². The number of nitrogens with zero attached hydrogens (tertiary/aromatic N) is 2. The maximum atomic E-state index is 2.47. The van der Waals surface area contributed by atoms with Crippen molar-refractivity contribution >= 4 is 123 Å². The number of rotatable bonds is 12. The molecule has 0 spiro atoms. The minimum atomic E-state index is 1.09. The normalized spacial score (nSPS) is 11.8. The van der Waals surface area contributed by atoms with Gasteiger partial charge in [0.05, 0.1) is 11.4 Å². The first-order valence-electron chi connectivity index (χ1n) is 30.6. The average Bonchev–Trinajstić information content (AvgIpc) is 0.767. The van der Waals surface area contributed by atoms with Crippen LogP contribution in [0.25, 0.3) is 111 Å². The molecule has 0 atom stereocenters. The highest BCUT2D eigenvalue weighted by molar-refractivity contribution is 6.34. The zero-order chi connectivity index (χ0) is 59.2. The standard InChI is InChI=1S/C86H64N2/c1-57-29-37-61(38-30-57)41-43-63-45-53-67(54-46-63)87(65-49-33-59(3)34-50-65)85-77-25-13-9-21-73(77)83(74-22-10-14-26-78(74)85)81-69-17-5-7-19-71(69)82(72-20-8-6-18-70(72)81)84-75-23-11-15-27-79(75)86(80-28-16-12-24-76(80)84)88(66-51-35-60(4)36-52-66)68-55-47-64(48-56-68)44-42-62-39-31-58(2)32-40-62/h5-56H,1-4H3. The molecule has 15 aromatic rings. The minimum absolute atomic E-state index is 1.09. The second-order valence-electron chi connectivity index (χ2n) is 23.5. The molecule has 88 heavy (non-hydrogen) atoms. The molecule has 418 valence electrons. The quantitative estimate of drug-likeness (QED) is 0.0889. The lowest BCUT2D eigenvalue weighted by atomic mass is 9.80. The topological polar surface area (TPSA) is 6.48 Å². The highest BCUT2D eigenvalue weighted by Crippen LogP contribution is 2.55. The minimum Gasteiger partial charge on any atom is -0.309 e. The van der Waals surface area contributed by atoms with E-state index < -0.39 is 0 Å². The van der Waals surface area contributed by atoms with Crippen molar-refractivity contribution < 1.29 is 0 Å². The fourth-order valence-electron chi connectivity index (χ4n) is 13.3. The molecule has 0 saturated carbocycles. The zero-order valence-electron chi connectivity index (χ0n) is 49.9. The monoisotopic (exact) mass is 1120 g/mol. The lowest BCUT2D eigenvalue weighted by molar-refractivity contribution is 1.30. The molecule has 15 rings (SSSR count). The van der Waals surface area contributed by atoms with Crippen LogP contribution in [-0.2, 0) is 0 Å². The molecule has 0 bridgehead atoms. The molecule has 0 N–H and O–H groups in total. The Morgan fingerprint density at radius 1 is 0.182 bits per heavy atom. The molecule has 0 aliphatic rings. The Morgan fingerprint density at radius 3 is 0.557 bits per heavy atom. The molecular weight excluding hydrogens is 1060 g/mol. The van der Waals surface area contributed by atoms with Gasteiger partial charge in [-0.05, 0) is 164 Å². The Bertz CT molecular complexity index is 4690. The summed E-state index contributed by atoms with van der Waals surface area (Å²) in [5, 5.41) is 14.3. The van der Waals surface area contributed by atoms with E-state index in [2.05, 4.69) is 353 Å². The van der Waals surface area contributed by atoms with E-state index in [4.69, 9.17) is 0 Å². The molecule has 0 amide bonds. The Labute approximate surface area is 515 Å². The number of hydrogen-bond donors (Lipinski definition) is 0. The zero-order valence-corrected chi connectivity index (χ0v) is 49.9. The van der Waals surface area contributed by atoms with Gasteiger partial charge in [-0.15, -0.1) is 0 Å². The molecule has 0 unspecified atom stereocenters. The van der Waals surface area contributed by atoms with E-state index in [1.807, 2.05) is 0 Å². The third-order valence-electron chi connectivity index (χ3n) is 17.7. The maximum Gasteiger partial charge on any atom is 0.0618 e. The molecule has 0 aliphatic carbocycles. The van der Waals surface area contributed by atoms with E-state index in [0.29, 0.717) is 0 Å². The van der Waals surface area contributed by atoms with Gasteiger partial charge in [0.2, 0.25) is 0 Å². The Balaban J connectivity index is 0.944. The van der Waals surface area contributed by atoms with Gasteiger partial charge < -0.3 is 9.80 Å². The van der Waals surface area contributed by atoms with Crippen molar-refractivity contribution in [2.45, 2.75) is 27.7 Å². The summed E-state index contributed by atoms with van der Waals surface area (Å²) < 4.78 is 0. The highest BCUT2D eigenvalue weighted by Gasteiger charge is 2.28. The summed E-state index contributed by atoms with van der Waals surface area (Å²) in [6.45, 7) is 8.59. The SMILES string of the molecule is Cc1ccc(C=Cc2ccc(N(c3ccc(C)cc3)c3c4ccccc4c(-c4c5ccccc5c(-c5c6ccccc6c(N(c6ccc(C)cc6)c6ccc(C=Cc7ccc(C)cc7)cc6)c6ccccc56)c5ccccc45)c4ccccc34)cc2)cc1. The van der Waals surface area contributed by atoms with Crippen molar-refractivity contribution in [2.75, 3.05) is 9.80 Å². The summed E-state index contributed by atoms with van der Waals surface area (Å²) in [6.07, 6.45) is 8.80. The molecular formula is C86H64N2. The Morgan fingerprint density at radius 2 is 0.341 bits per heavy atom. The fraction of sp³-hybridized carbons (Fsp3) is 0.0465. The summed E-state index contributed by atoms with van der Waals surface area (Å²) >= 11 is 0. The molecule has 0 saturated heterocycles. The van der Waals surface area contributed by atoms with Gasteiger partial charge in [-0.1, -0.05) is 289 Å². The van der Waals surface area contributed by atoms with E-state index >= 15 is 0 Å². The van der Waals surface area contributed by atoms with Crippen LogP contribution < -0.4 is 9.80 Å². The first-order chi connectivity index (χ1) is 43.3. The van der Waals surface area contributed by atoms with Crippen LogP contribution in [0.1, 0.15) is 44.5 Å². The van der Waals surface area contributed by atoms with Crippen molar-refractivity contribution in [3.8, 4) is 22.3 Å². The van der Waals surface area contributed by atoms with Gasteiger partial charge in [0, 0.05) is 44.3 Å². The summed E-state index contributed by atoms with van der Waals surface area (Å²) in [5.74, 6) is 0. The maximum absolute atomic E-state index is 2.47. The summed E-state index contributed by atoms with van der Waals surface area (Å²) in [7, 11) is 0. The molecule has 0 heterocycles. The first kappa shape index (κ1) is 53.7. The Hall–Kier alpha value is -11.1. The highest BCUT2D eigenvalue weighted by atomic mass is 15.2. The number of hydrogen-bond acceptors (Lipinski definition) is 2. The molecule has 0 aliphatic heterocycles. The molecule has 2 nitrogen and oxygen atoms in total. The van der Waals surface area contributed by atoms with Crippen LogP contribution >= 0.6 is 0 Å². The Kier molecular flexibility index (Phi) is 13.9. The molecule has 2 heteroatoms. The first-order valence-corrected chi connectivity index (χ1v) is 30.6. The lowest BCUT2D eigenvalue weighted by Gasteiger charge is -2.31. The van der Waals surface area contributed by atoms with E-state index in [1.54, 1.807) is 0 Å². The van der Waals surface area contributed by atoms with E-state index in [1.165, 1.54) is 120 Å². The van der Waals surface area contributed by atoms with Gasteiger partial charge in [0.1, 0.15) is 0 Å². The molecule has 15 aromatic carbocycles. The van der Waals surface area contributed by atoms with Crippen LogP contribution in [-0.4, -0.2) is 0 Å². The fourth-order valence-corrected chi connectivity index (χ4v) is 13.3. The van der Waals surface area contributed by atoms with Gasteiger partial charge in [-0.2, -0.15) is 0 Å². The van der Waals surface area contributed by atoms with Crippen molar-refractivity contribution in [1.82, 2.24) is 0 Å². The second kappa shape index (κ2) is 22.7. The van der Waals surface area contributed by atoms with Gasteiger partial charge >= 0.3 is 0 Å². The van der Waals surface area contributed by atoms with Crippen molar-refractivity contribution in [3.05, 3.63) is 336 Å². The number of anilines is 6. The largest absolute Gasteiger partial charge is 0.309 e. The van der Waals surface area contributed by atoms with E-state index in [-0.39, 0.29) is 0 Å². The molecule has 0 radical (unpaired) electrons. The van der Waals surface area contributed by atoms with Gasteiger partial charge in [-0.3, -0.25) is 0 Å². The van der Waals surface area contributed by atoms with Gasteiger partial charge in [0.25, 0.3) is 0 Å². The van der Waals surface area contributed by atoms with Crippen LogP contribution in [0.2, 0.25) is 0 Å². The van der Waals surface area contributed by atoms with Crippen LogP contribution in [0.4, 0.5) is 34.1 Å².